The lowest BCUT2D eigenvalue weighted by molar-refractivity contribution is 0.0696. The number of carbonyl (C=O) groups excluding carboxylic acids is 1. The number of aryl methyl sites for hydroxylation is 1. The van der Waals surface area contributed by atoms with Crippen molar-refractivity contribution in [1.29, 1.82) is 0 Å². The van der Waals surface area contributed by atoms with Gasteiger partial charge in [-0.1, -0.05) is 34.5 Å². The summed E-state index contributed by atoms with van der Waals surface area (Å²) < 4.78 is 6.04. The van der Waals surface area contributed by atoms with E-state index in [1.807, 2.05) is 0 Å². The number of fused-ring (bicyclic) bond motifs is 1. The van der Waals surface area contributed by atoms with E-state index in [0.29, 0.717) is 15.9 Å². The van der Waals surface area contributed by atoms with Crippen molar-refractivity contribution in [1.82, 2.24) is 9.97 Å². The highest BCUT2D eigenvalue weighted by Gasteiger charge is 2.20. The second-order valence-electron chi connectivity index (χ2n) is 5.49. The molecule has 0 fully saturated rings. The first kappa shape index (κ1) is 19.4. The molecule has 3 aromatic rings. The molecule has 3 rings (SSSR count). The number of anilines is 1. The van der Waals surface area contributed by atoms with Crippen molar-refractivity contribution in [2.45, 2.75) is 6.92 Å². The Hall–Kier alpha value is -2.33. The Bertz CT molecular complexity index is 1050. The van der Waals surface area contributed by atoms with Crippen LogP contribution in [0, 0.1) is 6.92 Å². The smallest absolute Gasteiger partial charge is 0.335 e. The number of benzene rings is 1. The highest BCUT2D eigenvalue weighted by Crippen LogP contribution is 2.35. The SMILES string of the molecule is Cc1[nH]c(C(=O)Nc2nc3c(OCCN)cc(C(=O)O)cc3s2)c(Cl)c1Cl. The molecule has 27 heavy (non-hydrogen) atoms. The number of aromatic amines is 1. The number of carboxylic acid groups (broad SMARTS) is 1. The van der Waals surface area contributed by atoms with Crippen molar-refractivity contribution in [2.24, 2.45) is 5.73 Å². The summed E-state index contributed by atoms with van der Waals surface area (Å²) in [6.45, 7) is 2.16. The number of carboxylic acids is 1. The molecule has 0 atom stereocenters. The molecule has 0 radical (unpaired) electrons. The van der Waals surface area contributed by atoms with E-state index in [1.54, 1.807) is 6.92 Å². The van der Waals surface area contributed by atoms with E-state index >= 15 is 0 Å². The molecule has 0 aliphatic carbocycles. The average Bonchev–Trinajstić information content (AvgIpc) is 3.15. The normalized spacial score (nSPS) is 11.0. The van der Waals surface area contributed by atoms with E-state index in [4.69, 9.17) is 33.7 Å². The molecule has 1 amide bonds. The Morgan fingerprint density at radius 3 is 2.70 bits per heavy atom. The van der Waals surface area contributed by atoms with Gasteiger partial charge in [0.15, 0.2) is 5.13 Å². The zero-order valence-corrected chi connectivity index (χ0v) is 16.3. The summed E-state index contributed by atoms with van der Waals surface area (Å²) in [5.41, 5.74) is 6.60. The van der Waals surface area contributed by atoms with Crippen molar-refractivity contribution < 1.29 is 19.4 Å². The first-order valence-corrected chi connectivity index (χ1v) is 9.24. The standard InChI is InChI=1S/C16H14Cl2N4O4S/c1-6-10(17)11(18)13(20-6)14(23)22-16-21-12-8(26-3-2-19)4-7(15(24)25)5-9(12)27-16/h4-5,20H,2-3,19H2,1H3,(H,24,25)(H,21,22,23). The van der Waals surface area contributed by atoms with Crippen LogP contribution in [-0.2, 0) is 0 Å². The molecule has 0 saturated carbocycles. The average molecular weight is 429 g/mol. The van der Waals surface area contributed by atoms with Crippen LogP contribution in [0.15, 0.2) is 12.1 Å². The fourth-order valence-corrected chi connectivity index (χ4v) is 3.68. The molecule has 0 aliphatic heterocycles. The maximum atomic E-state index is 12.4. The Kier molecular flexibility index (Phi) is 5.56. The summed E-state index contributed by atoms with van der Waals surface area (Å²) in [4.78, 5) is 30.9. The highest BCUT2D eigenvalue weighted by molar-refractivity contribution is 7.22. The van der Waals surface area contributed by atoms with Crippen molar-refractivity contribution >= 4 is 61.8 Å². The maximum absolute atomic E-state index is 12.4. The number of hydrogen-bond acceptors (Lipinski definition) is 6. The zero-order chi connectivity index (χ0) is 19.7. The lowest BCUT2D eigenvalue weighted by atomic mass is 10.2. The number of hydrogen-bond donors (Lipinski definition) is 4. The predicted octanol–water partition coefficient (Wildman–Crippen LogP) is 3.53. The van der Waals surface area contributed by atoms with Gasteiger partial charge in [-0.15, -0.1) is 0 Å². The summed E-state index contributed by atoms with van der Waals surface area (Å²) in [6, 6.07) is 2.83. The van der Waals surface area contributed by atoms with E-state index in [1.165, 1.54) is 12.1 Å². The van der Waals surface area contributed by atoms with Crippen molar-refractivity contribution in [3.8, 4) is 5.75 Å². The zero-order valence-electron chi connectivity index (χ0n) is 13.9. The number of nitrogens with zero attached hydrogens (tertiary/aromatic N) is 1. The van der Waals surface area contributed by atoms with Crippen LogP contribution in [0.4, 0.5) is 5.13 Å². The molecule has 142 valence electrons. The molecule has 2 heterocycles. The topological polar surface area (TPSA) is 130 Å². The summed E-state index contributed by atoms with van der Waals surface area (Å²) in [6.07, 6.45) is 0. The first-order valence-electron chi connectivity index (χ1n) is 7.67. The fourth-order valence-electron chi connectivity index (χ4n) is 2.34. The Morgan fingerprint density at radius 2 is 2.11 bits per heavy atom. The van der Waals surface area contributed by atoms with E-state index in [0.717, 1.165) is 11.3 Å². The lowest BCUT2D eigenvalue weighted by Crippen LogP contribution is -2.13. The molecular weight excluding hydrogens is 415 g/mol. The summed E-state index contributed by atoms with van der Waals surface area (Å²) in [5.74, 6) is -1.34. The van der Waals surface area contributed by atoms with Crippen molar-refractivity contribution in [2.75, 3.05) is 18.5 Å². The number of nitrogens with two attached hydrogens (primary N) is 1. The monoisotopic (exact) mass is 428 g/mol. The van der Waals surface area contributed by atoms with Crippen LogP contribution in [-0.4, -0.2) is 40.1 Å². The Balaban J connectivity index is 1.96. The number of ether oxygens (including phenoxy) is 1. The second kappa shape index (κ2) is 7.73. The lowest BCUT2D eigenvalue weighted by Gasteiger charge is -2.06. The number of aromatic carboxylic acids is 1. The van der Waals surface area contributed by atoms with E-state index in [9.17, 15) is 14.7 Å². The van der Waals surface area contributed by atoms with E-state index in [2.05, 4.69) is 15.3 Å². The number of rotatable bonds is 6. The van der Waals surface area contributed by atoms with Crippen LogP contribution in [0.5, 0.6) is 5.75 Å². The molecule has 0 bridgehead atoms. The number of nitrogens with one attached hydrogen (secondary N) is 2. The molecule has 0 saturated heterocycles. The number of aromatic nitrogens is 2. The van der Waals surface area contributed by atoms with Crippen LogP contribution in [0.3, 0.4) is 0 Å². The number of thiazole rings is 1. The first-order chi connectivity index (χ1) is 12.8. The van der Waals surface area contributed by atoms with Gasteiger partial charge in [-0.2, -0.15) is 0 Å². The van der Waals surface area contributed by atoms with Gasteiger partial charge in [-0.3, -0.25) is 10.1 Å². The van der Waals surface area contributed by atoms with Crippen LogP contribution in [0.25, 0.3) is 10.2 Å². The minimum absolute atomic E-state index is 0.0471. The van der Waals surface area contributed by atoms with Crippen molar-refractivity contribution in [3.63, 3.8) is 0 Å². The molecule has 8 nitrogen and oxygen atoms in total. The molecule has 0 spiro atoms. The van der Waals surface area contributed by atoms with Crippen LogP contribution < -0.4 is 15.8 Å². The molecule has 2 aromatic heterocycles. The van der Waals surface area contributed by atoms with E-state index < -0.39 is 11.9 Å². The third-order valence-corrected chi connectivity index (χ3v) is 5.45. The largest absolute Gasteiger partial charge is 0.490 e. The van der Waals surface area contributed by atoms with Crippen LogP contribution >= 0.6 is 34.5 Å². The minimum Gasteiger partial charge on any atom is -0.490 e. The van der Waals surface area contributed by atoms with Gasteiger partial charge in [0.25, 0.3) is 5.91 Å². The van der Waals surface area contributed by atoms with Crippen molar-refractivity contribution in [3.05, 3.63) is 39.1 Å². The van der Waals surface area contributed by atoms with Gasteiger partial charge >= 0.3 is 5.97 Å². The Morgan fingerprint density at radius 1 is 1.37 bits per heavy atom. The summed E-state index contributed by atoms with van der Waals surface area (Å²) >= 11 is 13.1. The van der Waals surface area contributed by atoms with Gasteiger partial charge < -0.3 is 20.6 Å². The van der Waals surface area contributed by atoms with E-state index in [-0.39, 0.29) is 45.3 Å². The van der Waals surface area contributed by atoms with Gasteiger partial charge in [0.1, 0.15) is 23.6 Å². The van der Waals surface area contributed by atoms with Gasteiger partial charge in [0.05, 0.1) is 20.3 Å². The van der Waals surface area contributed by atoms with Gasteiger partial charge in [0.2, 0.25) is 0 Å². The molecule has 0 aliphatic rings. The predicted molar refractivity (Wildman–Crippen MR) is 105 cm³/mol. The van der Waals surface area contributed by atoms with Gasteiger partial charge in [-0.25, -0.2) is 9.78 Å². The molecule has 0 unspecified atom stereocenters. The van der Waals surface area contributed by atoms with Gasteiger partial charge in [-0.05, 0) is 19.1 Å². The molecular formula is C16H14Cl2N4O4S. The third kappa shape index (κ3) is 3.86. The second-order valence-corrected chi connectivity index (χ2v) is 7.28. The fraction of sp³-hybridized carbons (Fsp3) is 0.188. The Labute approximate surface area is 167 Å². The van der Waals surface area contributed by atoms with Gasteiger partial charge in [0, 0.05) is 12.2 Å². The third-order valence-electron chi connectivity index (χ3n) is 3.58. The number of carbonyl (C=O) groups is 2. The number of amides is 1. The number of halogens is 2. The summed E-state index contributed by atoms with van der Waals surface area (Å²) in [5, 5.41) is 12.5. The maximum Gasteiger partial charge on any atom is 0.335 e. The molecule has 1 aromatic carbocycles. The van der Waals surface area contributed by atoms with Crippen LogP contribution in [0.1, 0.15) is 26.5 Å². The van der Waals surface area contributed by atoms with Crippen LogP contribution in [0.2, 0.25) is 10.0 Å². The minimum atomic E-state index is -1.10. The molecule has 11 heteroatoms. The molecule has 5 N–H and O–H groups in total. The highest BCUT2D eigenvalue weighted by atomic mass is 35.5. The number of H-pyrrole nitrogens is 1. The summed E-state index contributed by atoms with van der Waals surface area (Å²) in [7, 11) is 0. The quantitative estimate of drug-likeness (QED) is 0.474.